The quantitative estimate of drug-likeness (QED) is 0.848. The van der Waals surface area contributed by atoms with Gasteiger partial charge in [0.05, 0.1) is 12.0 Å². The average molecular weight is 274 g/mol. The third-order valence-corrected chi connectivity index (χ3v) is 4.04. The maximum Gasteiger partial charge on any atom is 0.232 e. The molecule has 2 heterocycles. The van der Waals surface area contributed by atoms with Gasteiger partial charge in [0.15, 0.2) is 0 Å². The summed E-state index contributed by atoms with van der Waals surface area (Å²) in [5.41, 5.74) is 1.69. The van der Waals surface area contributed by atoms with Gasteiger partial charge in [-0.25, -0.2) is 0 Å². The Hall–Kier alpha value is -1.88. The van der Waals surface area contributed by atoms with Gasteiger partial charge in [0.2, 0.25) is 11.8 Å². The lowest BCUT2D eigenvalue weighted by Crippen LogP contribution is -2.42. The molecule has 1 saturated heterocycles. The topological polar surface area (TPSA) is 69.6 Å². The zero-order valence-corrected chi connectivity index (χ0v) is 11.2. The molecule has 2 aliphatic heterocycles. The number of amides is 2. The smallest absolute Gasteiger partial charge is 0.232 e. The summed E-state index contributed by atoms with van der Waals surface area (Å²) in [5.74, 6) is -0.574. The molecule has 5 nitrogen and oxygen atoms in total. The highest BCUT2D eigenvalue weighted by Gasteiger charge is 2.34. The van der Waals surface area contributed by atoms with Crippen LogP contribution >= 0.6 is 0 Å². The number of rotatable bonds is 2. The Kier molecular flexibility index (Phi) is 3.44. The molecular weight excluding hydrogens is 256 g/mol. The summed E-state index contributed by atoms with van der Waals surface area (Å²) < 4.78 is 0. The first-order chi connectivity index (χ1) is 9.65. The van der Waals surface area contributed by atoms with Crippen molar-refractivity contribution in [1.29, 1.82) is 0 Å². The standard InChI is InChI=1S/C15H18N2O3/c18-10-4-3-7-17(9-10)14(19)8-12-11-5-1-2-6-13(11)16-15(12)20/h1-2,5-6,10,12,18H,3-4,7-9H2,(H,16,20). The molecule has 0 spiro atoms. The van der Waals surface area contributed by atoms with Crippen LogP contribution < -0.4 is 5.32 Å². The SMILES string of the molecule is O=C1Nc2ccccc2C1CC(=O)N1CCCC(O)C1. The fourth-order valence-electron chi connectivity index (χ4n) is 2.96. The first kappa shape index (κ1) is 13.1. The van der Waals surface area contributed by atoms with E-state index < -0.39 is 12.0 Å². The van der Waals surface area contributed by atoms with E-state index in [1.54, 1.807) is 4.90 Å². The van der Waals surface area contributed by atoms with E-state index in [-0.39, 0.29) is 18.2 Å². The van der Waals surface area contributed by atoms with Crippen molar-refractivity contribution in [3.05, 3.63) is 29.8 Å². The number of likely N-dealkylation sites (tertiary alicyclic amines) is 1. The summed E-state index contributed by atoms with van der Waals surface area (Å²) in [5, 5.41) is 12.4. The number of β-amino-alcohol motifs (C(OH)–C–C–N with tert-alkyl or cyclic N) is 1. The van der Waals surface area contributed by atoms with Gasteiger partial charge in [-0.05, 0) is 24.5 Å². The van der Waals surface area contributed by atoms with Crippen LogP contribution in [0.1, 0.15) is 30.7 Å². The average Bonchev–Trinajstić information content (AvgIpc) is 2.75. The number of anilines is 1. The van der Waals surface area contributed by atoms with Crippen LogP contribution in [0.4, 0.5) is 5.69 Å². The summed E-state index contributed by atoms with van der Waals surface area (Å²) >= 11 is 0. The van der Waals surface area contributed by atoms with Crippen molar-refractivity contribution in [2.75, 3.05) is 18.4 Å². The molecule has 0 saturated carbocycles. The molecule has 3 rings (SSSR count). The monoisotopic (exact) mass is 274 g/mol. The van der Waals surface area contributed by atoms with Crippen LogP contribution in [0.25, 0.3) is 0 Å². The number of nitrogens with zero attached hydrogens (tertiary/aromatic N) is 1. The highest BCUT2D eigenvalue weighted by molar-refractivity contribution is 6.04. The number of hydrogen-bond acceptors (Lipinski definition) is 3. The molecule has 2 N–H and O–H groups in total. The van der Waals surface area contributed by atoms with E-state index in [0.29, 0.717) is 13.1 Å². The molecule has 20 heavy (non-hydrogen) atoms. The maximum atomic E-state index is 12.3. The Balaban J connectivity index is 1.71. The van der Waals surface area contributed by atoms with Crippen molar-refractivity contribution in [3.8, 4) is 0 Å². The second-order valence-corrected chi connectivity index (χ2v) is 5.47. The van der Waals surface area contributed by atoms with E-state index >= 15 is 0 Å². The summed E-state index contributed by atoms with van der Waals surface area (Å²) in [6.07, 6.45) is 1.31. The molecule has 2 aliphatic rings. The van der Waals surface area contributed by atoms with Gasteiger partial charge in [0, 0.05) is 25.2 Å². The highest BCUT2D eigenvalue weighted by atomic mass is 16.3. The van der Waals surface area contributed by atoms with E-state index in [2.05, 4.69) is 5.32 Å². The van der Waals surface area contributed by atoms with Gasteiger partial charge in [-0.15, -0.1) is 0 Å². The van der Waals surface area contributed by atoms with Crippen LogP contribution in [0.2, 0.25) is 0 Å². The third kappa shape index (κ3) is 2.41. The van der Waals surface area contributed by atoms with Crippen LogP contribution in [-0.4, -0.2) is 41.0 Å². The molecule has 0 aromatic heterocycles. The Morgan fingerprint density at radius 1 is 1.40 bits per heavy atom. The Morgan fingerprint density at radius 2 is 2.20 bits per heavy atom. The Morgan fingerprint density at radius 3 is 3.00 bits per heavy atom. The number of para-hydroxylation sites is 1. The van der Waals surface area contributed by atoms with Crippen molar-refractivity contribution in [3.63, 3.8) is 0 Å². The lowest BCUT2D eigenvalue weighted by molar-refractivity contribution is -0.136. The van der Waals surface area contributed by atoms with Crippen LogP contribution in [-0.2, 0) is 9.59 Å². The van der Waals surface area contributed by atoms with Gasteiger partial charge in [-0.2, -0.15) is 0 Å². The van der Waals surface area contributed by atoms with Crippen molar-refractivity contribution < 1.29 is 14.7 Å². The lowest BCUT2D eigenvalue weighted by Gasteiger charge is -2.30. The van der Waals surface area contributed by atoms with Crippen molar-refractivity contribution in [2.45, 2.75) is 31.3 Å². The lowest BCUT2D eigenvalue weighted by atomic mass is 9.96. The second kappa shape index (κ2) is 5.25. The molecular formula is C15H18N2O3. The summed E-state index contributed by atoms with van der Waals surface area (Å²) in [6.45, 7) is 1.06. The molecule has 5 heteroatoms. The fraction of sp³-hybridized carbons (Fsp3) is 0.467. The minimum atomic E-state index is -0.433. The fourth-order valence-corrected chi connectivity index (χ4v) is 2.96. The van der Waals surface area contributed by atoms with E-state index in [9.17, 15) is 14.7 Å². The van der Waals surface area contributed by atoms with E-state index in [1.165, 1.54) is 0 Å². The minimum absolute atomic E-state index is 0.0550. The number of nitrogens with one attached hydrogen (secondary N) is 1. The molecule has 0 radical (unpaired) electrons. The molecule has 0 aliphatic carbocycles. The second-order valence-electron chi connectivity index (χ2n) is 5.47. The van der Waals surface area contributed by atoms with Crippen LogP contribution in [0.3, 0.4) is 0 Å². The van der Waals surface area contributed by atoms with Crippen LogP contribution in [0.15, 0.2) is 24.3 Å². The van der Waals surface area contributed by atoms with E-state index in [0.717, 1.165) is 24.1 Å². The molecule has 1 fully saturated rings. The van der Waals surface area contributed by atoms with Gasteiger partial charge in [0.25, 0.3) is 0 Å². The predicted octanol–water partition coefficient (Wildman–Crippen LogP) is 1.10. The number of carbonyl (C=O) groups excluding carboxylic acids is 2. The summed E-state index contributed by atoms with van der Waals surface area (Å²) in [4.78, 5) is 25.9. The maximum absolute atomic E-state index is 12.3. The third-order valence-electron chi connectivity index (χ3n) is 4.04. The Bertz CT molecular complexity index is 544. The number of fused-ring (bicyclic) bond motifs is 1. The minimum Gasteiger partial charge on any atom is -0.391 e. The first-order valence-electron chi connectivity index (χ1n) is 7.01. The van der Waals surface area contributed by atoms with Crippen molar-refractivity contribution in [2.24, 2.45) is 0 Å². The number of aliphatic hydroxyl groups excluding tert-OH is 1. The molecule has 0 bridgehead atoms. The molecule has 2 unspecified atom stereocenters. The van der Waals surface area contributed by atoms with Gasteiger partial charge < -0.3 is 15.3 Å². The normalized spacial score (nSPS) is 25.2. The highest BCUT2D eigenvalue weighted by Crippen LogP contribution is 2.34. The number of carbonyl (C=O) groups is 2. The van der Waals surface area contributed by atoms with E-state index in [1.807, 2.05) is 24.3 Å². The van der Waals surface area contributed by atoms with Gasteiger partial charge >= 0.3 is 0 Å². The Labute approximate surface area is 117 Å². The van der Waals surface area contributed by atoms with Gasteiger partial charge in [0.1, 0.15) is 0 Å². The first-order valence-corrected chi connectivity index (χ1v) is 7.01. The number of hydrogen-bond donors (Lipinski definition) is 2. The van der Waals surface area contributed by atoms with Crippen molar-refractivity contribution in [1.82, 2.24) is 4.90 Å². The molecule has 2 atom stereocenters. The van der Waals surface area contributed by atoms with Gasteiger partial charge in [-0.3, -0.25) is 9.59 Å². The number of aliphatic hydroxyl groups is 1. The van der Waals surface area contributed by atoms with Crippen LogP contribution in [0, 0.1) is 0 Å². The molecule has 1 aromatic carbocycles. The molecule has 2 amide bonds. The predicted molar refractivity (Wildman–Crippen MR) is 74.3 cm³/mol. The molecule has 106 valence electrons. The molecule has 1 aromatic rings. The number of benzene rings is 1. The number of piperidine rings is 1. The zero-order valence-electron chi connectivity index (χ0n) is 11.2. The van der Waals surface area contributed by atoms with Crippen LogP contribution in [0.5, 0.6) is 0 Å². The summed E-state index contributed by atoms with van der Waals surface area (Å²) in [7, 11) is 0. The zero-order chi connectivity index (χ0) is 14.1. The van der Waals surface area contributed by atoms with Crippen molar-refractivity contribution >= 4 is 17.5 Å². The van der Waals surface area contributed by atoms with Gasteiger partial charge in [-0.1, -0.05) is 18.2 Å². The summed E-state index contributed by atoms with van der Waals surface area (Å²) in [6, 6.07) is 7.48. The van der Waals surface area contributed by atoms with E-state index in [4.69, 9.17) is 0 Å². The largest absolute Gasteiger partial charge is 0.391 e.